The van der Waals surface area contributed by atoms with Crippen molar-refractivity contribution in [2.75, 3.05) is 0 Å². The molecule has 0 aromatic rings. The predicted octanol–water partition coefficient (Wildman–Crippen LogP) is 4.00. The minimum absolute atomic E-state index is 0.427. The summed E-state index contributed by atoms with van der Waals surface area (Å²) in [5, 5.41) is 8.93. The van der Waals surface area contributed by atoms with Crippen molar-refractivity contribution in [3.8, 4) is 0 Å². The van der Waals surface area contributed by atoms with Gasteiger partial charge in [-0.2, -0.15) is 0 Å². The molecule has 0 spiro atoms. The lowest BCUT2D eigenvalue weighted by atomic mass is 9.90. The van der Waals surface area contributed by atoms with Crippen LogP contribution in [0.15, 0.2) is 47.2 Å². The van der Waals surface area contributed by atoms with Gasteiger partial charge in [0, 0.05) is 0 Å². The van der Waals surface area contributed by atoms with Gasteiger partial charge in [-0.05, 0) is 31.4 Å². The summed E-state index contributed by atoms with van der Waals surface area (Å²) in [7, 11) is 0. The van der Waals surface area contributed by atoms with Crippen molar-refractivity contribution in [2.24, 2.45) is 11.5 Å². The molecule has 0 aliphatic rings. The van der Waals surface area contributed by atoms with Gasteiger partial charge >= 0.3 is 0 Å². The molecule has 1 atom stereocenters. The molecular weight excluding hydrogens is 255 g/mol. The lowest BCUT2D eigenvalue weighted by molar-refractivity contribution is 0.380. The molecule has 5 N–H and O–H groups in total. The fourth-order valence-corrected chi connectivity index (χ4v) is 2.14. The first-order chi connectivity index (χ1) is 9.38. The third-order valence-electron chi connectivity index (χ3n) is 3.20. The Morgan fingerprint density at radius 2 is 1.85 bits per heavy atom. The Bertz CT molecular complexity index is 418. The quantitative estimate of drug-likeness (QED) is 0.358. The molecule has 0 saturated heterocycles. The Kier molecular flexibility index (Phi) is 8.64. The van der Waals surface area contributed by atoms with Crippen LogP contribution in [0.25, 0.3) is 0 Å². The Hall–Kier alpha value is -1.55. The van der Waals surface area contributed by atoms with E-state index in [1.54, 1.807) is 0 Å². The third kappa shape index (κ3) is 5.61. The lowest BCUT2D eigenvalue weighted by Gasteiger charge is -2.20. The monoisotopic (exact) mass is 282 g/mol. The van der Waals surface area contributed by atoms with Gasteiger partial charge in [0.1, 0.15) is 0 Å². The van der Waals surface area contributed by atoms with Gasteiger partial charge < -0.3 is 16.6 Å². The zero-order valence-electron chi connectivity index (χ0n) is 12.7. The van der Waals surface area contributed by atoms with Crippen LogP contribution in [0.5, 0.6) is 0 Å². The lowest BCUT2D eigenvalue weighted by Crippen LogP contribution is -2.26. The number of aliphatic hydroxyl groups excluding tert-OH is 1. The summed E-state index contributed by atoms with van der Waals surface area (Å²) in [6.07, 6.45) is 6.47. The zero-order valence-corrected chi connectivity index (χ0v) is 12.7. The van der Waals surface area contributed by atoms with Crippen molar-refractivity contribution in [1.82, 2.24) is 0 Å². The van der Waals surface area contributed by atoms with Crippen molar-refractivity contribution >= 4 is 0 Å². The second-order valence-corrected chi connectivity index (χ2v) is 4.86. The summed E-state index contributed by atoms with van der Waals surface area (Å²) in [6.45, 7) is 9.90. The average Bonchev–Trinajstić information content (AvgIpc) is 2.41. The topological polar surface area (TPSA) is 72.3 Å². The summed E-state index contributed by atoms with van der Waals surface area (Å²) >= 11 is 0. The van der Waals surface area contributed by atoms with E-state index in [0.29, 0.717) is 5.57 Å². The van der Waals surface area contributed by atoms with Crippen molar-refractivity contribution < 1.29 is 9.50 Å². The fourth-order valence-electron chi connectivity index (χ4n) is 2.14. The molecule has 1 unspecified atom stereocenters. The molecule has 0 rings (SSSR count). The molecule has 4 heteroatoms. The highest BCUT2D eigenvalue weighted by Crippen LogP contribution is 2.23. The number of nitrogens with two attached hydrogens (primary N) is 2. The van der Waals surface area contributed by atoms with E-state index in [4.69, 9.17) is 16.6 Å². The van der Waals surface area contributed by atoms with Crippen LogP contribution >= 0.6 is 0 Å². The third-order valence-corrected chi connectivity index (χ3v) is 3.20. The summed E-state index contributed by atoms with van der Waals surface area (Å²) in [5.74, 6) is -1.73. The number of aliphatic hydroxyl groups is 1. The van der Waals surface area contributed by atoms with Crippen LogP contribution in [0.2, 0.25) is 0 Å². The van der Waals surface area contributed by atoms with Crippen LogP contribution in [-0.4, -0.2) is 11.1 Å². The molecule has 3 nitrogen and oxygen atoms in total. The van der Waals surface area contributed by atoms with Gasteiger partial charge in [-0.15, -0.1) is 0 Å². The molecule has 0 aromatic heterocycles. The number of hydrogen-bond donors (Lipinski definition) is 3. The molecule has 0 aliphatic carbocycles. The van der Waals surface area contributed by atoms with Gasteiger partial charge in [0.05, 0.1) is 6.04 Å². The van der Waals surface area contributed by atoms with E-state index in [2.05, 4.69) is 27.4 Å². The number of halogens is 1. The molecule has 0 bridgehead atoms. The number of hydrogen-bond acceptors (Lipinski definition) is 3. The summed E-state index contributed by atoms with van der Waals surface area (Å²) in [6, 6.07) is -0.427. The van der Waals surface area contributed by atoms with E-state index in [1.807, 2.05) is 0 Å². The standard InChI is InChI=1S/C16H27FN2O/c1-5-8-11(4)13(9-6-2)15(18)12(7-3)10-14(17)16(19)20/h7,10,15,20H,3,5-6,8-9,18-19H2,1-2,4H3/b12-10+,13-11+,16-14-. The van der Waals surface area contributed by atoms with Crippen LogP contribution < -0.4 is 11.5 Å². The molecule has 0 fully saturated rings. The molecule has 0 heterocycles. The van der Waals surface area contributed by atoms with Gasteiger partial charge in [0.25, 0.3) is 0 Å². The number of rotatable bonds is 8. The van der Waals surface area contributed by atoms with Crippen molar-refractivity contribution in [3.05, 3.63) is 47.2 Å². The van der Waals surface area contributed by atoms with Gasteiger partial charge in [-0.1, -0.05) is 50.5 Å². The molecule has 114 valence electrons. The number of allylic oxidation sites excluding steroid dienone is 3. The highest BCUT2D eigenvalue weighted by molar-refractivity contribution is 5.38. The van der Waals surface area contributed by atoms with E-state index < -0.39 is 17.8 Å². The minimum Gasteiger partial charge on any atom is -0.493 e. The van der Waals surface area contributed by atoms with E-state index in [1.165, 1.54) is 11.6 Å². The molecular formula is C16H27FN2O. The largest absolute Gasteiger partial charge is 0.493 e. The molecule has 20 heavy (non-hydrogen) atoms. The Morgan fingerprint density at radius 3 is 2.25 bits per heavy atom. The predicted molar refractivity (Wildman–Crippen MR) is 83.7 cm³/mol. The van der Waals surface area contributed by atoms with Crippen LogP contribution in [-0.2, 0) is 0 Å². The summed E-state index contributed by atoms with van der Waals surface area (Å²) in [4.78, 5) is 0. The van der Waals surface area contributed by atoms with Gasteiger partial charge in [0.15, 0.2) is 5.83 Å². The molecule has 0 radical (unpaired) electrons. The highest BCUT2D eigenvalue weighted by Gasteiger charge is 2.15. The molecule has 0 saturated carbocycles. The van der Waals surface area contributed by atoms with Gasteiger partial charge in [-0.25, -0.2) is 4.39 Å². The second-order valence-electron chi connectivity index (χ2n) is 4.86. The Morgan fingerprint density at radius 1 is 1.30 bits per heavy atom. The molecule has 0 amide bonds. The molecule has 0 aromatic carbocycles. The van der Waals surface area contributed by atoms with Crippen LogP contribution in [0, 0.1) is 0 Å². The van der Waals surface area contributed by atoms with Crippen LogP contribution in [0.1, 0.15) is 46.5 Å². The SMILES string of the molecule is C=C/C(=C\C(F)=C(/N)O)C(N)/C(CCC)=C(\C)CCC. The molecule has 0 aliphatic heterocycles. The first kappa shape index (κ1) is 18.4. The van der Waals surface area contributed by atoms with E-state index in [-0.39, 0.29) is 0 Å². The first-order valence-corrected chi connectivity index (χ1v) is 7.01. The van der Waals surface area contributed by atoms with Gasteiger partial charge in [-0.3, -0.25) is 0 Å². The summed E-state index contributed by atoms with van der Waals surface area (Å²) < 4.78 is 13.4. The van der Waals surface area contributed by atoms with E-state index in [9.17, 15) is 4.39 Å². The fraction of sp³-hybridized carbons (Fsp3) is 0.500. The maximum absolute atomic E-state index is 13.4. The Labute approximate surface area is 121 Å². The summed E-state index contributed by atoms with van der Waals surface area (Å²) in [5.41, 5.74) is 14.1. The van der Waals surface area contributed by atoms with Crippen molar-refractivity contribution in [1.29, 1.82) is 0 Å². The van der Waals surface area contributed by atoms with Gasteiger partial charge in [0.2, 0.25) is 5.88 Å². The maximum atomic E-state index is 13.4. The zero-order chi connectivity index (χ0) is 15.7. The maximum Gasteiger partial charge on any atom is 0.218 e. The van der Waals surface area contributed by atoms with Crippen LogP contribution in [0.4, 0.5) is 4.39 Å². The van der Waals surface area contributed by atoms with Crippen molar-refractivity contribution in [3.63, 3.8) is 0 Å². The van der Waals surface area contributed by atoms with Crippen LogP contribution in [0.3, 0.4) is 0 Å². The highest BCUT2D eigenvalue weighted by atomic mass is 19.1. The first-order valence-electron chi connectivity index (χ1n) is 7.01. The van der Waals surface area contributed by atoms with Crippen molar-refractivity contribution in [2.45, 2.75) is 52.5 Å². The van der Waals surface area contributed by atoms with E-state index >= 15 is 0 Å². The Balaban J connectivity index is 5.53. The van der Waals surface area contributed by atoms with E-state index in [0.717, 1.165) is 37.3 Å². The minimum atomic E-state index is -0.889. The second kappa shape index (κ2) is 9.37. The average molecular weight is 282 g/mol. The smallest absolute Gasteiger partial charge is 0.218 e. The normalized spacial score (nSPS) is 16.4.